The summed E-state index contributed by atoms with van der Waals surface area (Å²) in [5.74, 6) is 0.863. The van der Waals surface area contributed by atoms with Gasteiger partial charge in [0.15, 0.2) is 4.96 Å². The number of rotatable bonds is 4. The zero-order valence-electron chi connectivity index (χ0n) is 10.9. The minimum Gasteiger partial charge on any atom is -0.308 e. The summed E-state index contributed by atoms with van der Waals surface area (Å²) in [4.78, 5) is 5.70. The lowest BCUT2D eigenvalue weighted by Gasteiger charge is -2.28. The lowest BCUT2D eigenvalue weighted by atomic mass is 9.84. The van der Waals surface area contributed by atoms with Crippen molar-refractivity contribution in [2.75, 3.05) is 0 Å². The van der Waals surface area contributed by atoms with E-state index in [0.717, 1.165) is 23.1 Å². The Morgan fingerprint density at radius 2 is 2.28 bits per heavy atom. The van der Waals surface area contributed by atoms with E-state index >= 15 is 0 Å². The molecule has 3 rings (SSSR count). The maximum Gasteiger partial charge on any atom is 0.193 e. The van der Waals surface area contributed by atoms with Crippen LogP contribution in [0, 0.1) is 5.92 Å². The Balaban J connectivity index is 1.55. The number of aromatic nitrogens is 2. The summed E-state index contributed by atoms with van der Waals surface area (Å²) in [7, 11) is 0. The second-order valence-corrected chi connectivity index (χ2v) is 6.27. The van der Waals surface area contributed by atoms with Crippen LogP contribution in [0.5, 0.6) is 0 Å². The molecule has 0 amide bonds. The molecule has 98 valence electrons. The van der Waals surface area contributed by atoms with Gasteiger partial charge in [-0.05, 0) is 25.7 Å². The number of imidazole rings is 1. The molecular formula is C14H21N3S. The minimum absolute atomic E-state index is 0.616. The summed E-state index contributed by atoms with van der Waals surface area (Å²) >= 11 is 1.69. The first-order valence-electron chi connectivity index (χ1n) is 6.97. The first-order valence-corrected chi connectivity index (χ1v) is 7.85. The van der Waals surface area contributed by atoms with Crippen molar-refractivity contribution in [3.63, 3.8) is 0 Å². The van der Waals surface area contributed by atoms with Gasteiger partial charge in [-0.2, -0.15) is 0 Å². The molecule has 1 fully saturated rings. The molecule has 1 saturated carbocycles. The van der Waals surface area contributed by atoms with E-state index in [1.54, 1.807) is 11.3 Å². The quantitative estimate of drug-likeness (QED) is 0.915. The molecule has 1 atom stereocenters. The molecule has 0 saturated heterocycles. The predicted octanol–water partition coefficient (Wildman–Crippen LogP) is 3.45. The van der Waals surface area contributed by atoms with E-state index in [-0.39, 0.29) is 0 Å². The van der Waals surface area contributed by atoms with E-state index in [4.69, 9.17) is 0 Å². The van der Waals surface area contributed by atoms with Gasteiger partial charge in [-0.15, -0.1) is 11.3 Å². The van der Waals surface area contributed by atoms with E-state index in [2.05, 4.69) is 39.4 Å². The SMILES string of the molecule is C[C@H](NCc1cn2ccsc2n1)C1CCCCC1. The van der Waals surface area contributed by atoms with Crippen molar-refractivity contribution in [2.24, 2.45) is 5.92 Å². The molecule has 2 aromatic heterocycles. The van der Waals surface area contributed by atoms with Gasteiger partial charge in [0, 0.05) is 30.4 Å². The summed E-state index contributed by atoms with van der Waals surface area (Å²) in [6.45, 7) is 3.22. The number of fused-ring (bicyclic) bond motifs is 1. The van der Waals surface area contributed by atoms with Crippen molar-refractivity contribution in [1.82, 2.24) is 14.7 Å². The summed E-state index contributed by atoms with van der Waals surface area (Å²) in [5, 5.41) is 5.72. The molecule has 2 aromatic rings. The fourth-order valence-corrected chi connectivity index (χ4v) is 3.65. The topological polar surface area (TPSA) is 29.3 Å². The van der Waals surface area contributed by atoms with E-state index in [0.29, 0.717) is 6.04 Å². The largest absolute Gasteiger partial charge is 0.308 e. The van der Waals surface area contributed by atoms with Crippen molar-refractivity contribution in [3.05, 3.63) is 23.5 Å². The third kappa shape index (κ3) is 2.59. The molecule has 4 heteroatoms. The number of nitrogens with zero attached hydrogens (tertiary/aromatic N) is 2. The van der Waals surface area contributed by atoms with Gasteiger partial charge in [0.1, 0.15) is 0 Å². The summed E-state index contributed by atoms with van der Waals surface area (Å²) < 4.78 is 2.10. The van der Waals surface area contributed by atoms with Crippen LogP contribution in [-0.4, -0.2) is 15.4 Å². The fourth-order valence-electron chi connectivity index (χ4n) is 2.93. The van der Waals surface area contributed by atoms with Gasteiger partial charge in [-0.1, -0.05) is 19.3 Å². The Morgan fingerprint density at radius 3 is 3.06 bits per heavy atom. The molecule has 0 bridgehead atoms. The lowest BCUT2D eigenvalue weighted by Crippen LogP contribution is -2.34. The highest BCUT2D eigenvalue weighted by Crippen LogP contribution is 2.26. The highest BCUT2D eigenvalue weighted by atomic mass is 32.1. The zero-order chi connectivity index (χ0) is 12.4. The standard InChI is InChI=1S/C14H21N3S/c1-11(12-5-3-2-4-6-12)15-9-13-10-17-7-8-18-14(17)16-13/h7-8,10-12,15H,2-6,9H2,1H3/t11-/m0/s1. The molecule has 0 radical (unpaired) electrons. The van der Waals surface area contributed by atoms with Crippen molar-refractivity contribution in [3.8, 4) is 0 Å². The van der Waals surface area contributed by atoms with Gasteiger partial charge in [0.25, 0.3) is 0 Å². The van der Waals surface area contributed by atoms with E-state index in [1.807, 2.05) is 0 Å². The molecule has 0 unspecified atom stereocenters. The maximum atomic E-state index is 4.61. The molecule has 3 nitrogen and oxygen atoms in total. The molecule has 2 heterocycles. The Morgan fingerprint density at radius 1 is 1.44 bits per heavy atom. The minimum atomic E-state index is 0.616. The Bertz CT molecular complexity index is 467. The van der Waals surface area contributed by atoms with Gasteiger partial charge in [-0.25, -0.2) is 4.98 Å². The second-order valence-electron chi connectivity index (χ2n) is 5.39. The molecule has 1 N–H and O–H groups in total. The second kappa shape index (κ2) is 5.41. The van der Waals surface area contributed by atoms with E-state index in [1.165, 1.54) is 32.1 Å². The molecule has 0 aliphatic heterocycles. The average Bonchev–Trinajstić information content (AvgIpc) is 2.97. The van der Waals surface area contributed by atoms with Crippen molar-refractivity contribution in [1.29, 1.82) is 0 Å². The molecule has 0 spiro atoms. The van der Waals surface area contributed by atoms with E-state index < -0.39 is 0 Å². The third-order valence-corrected chi connectivity index (χ3v) is 4.88. The van der Waals surface area contributed by atoms with Gasteiger partial charge in [0.05, 0.1) is 5.69 Å². The number of nitrogens with one attached hydrogen (secondary N) is 1. The highest BCUT2D eigenvalue weighted by molar-refractivity contribution is 7.15. The third-order valence-electron chi connectivity index (χ3n) is 4.11. The fraction of sp³-hybridized carbons (Fsp3) is 0.643. The van der Waals surface area contributed by atoms with Crippen LogP contribution in [0.1, 0.15) is 44.7 Å². The summed E-state index contributed by atoms with van der Waals surface area (Å²) in [5.41, 5.74) is 1.16. The lowest BCUT2D eigenvalue weighted by molar-refractivity contribution is 0.280. The van der Waals surface area contributed by atoms with Crippen LogP contribution in [0.2, 0.25) is 0 Å². The normalized spacial score (nSPS) is 19.4. The average molecular weight is 263 g/mol. The monoisotopic (exact) mass is 263 g/mol. The zero-order valence-corrected chi connectivity index (χ0v) is 11.7. The summed E-state index contributed by atoms with van der Waals surface area (Å²) in [6.07, 6.45) is 11.3. The Hall–Kier alpha value is -0.870. The van der Waals surface area contributed by atoms with Crippen LogP contribution in [0.15, 0.2) is 17.8 Å². The molecular weight excluding hydrogens is 242 g/mol. The number of hydrogen-bond acceptors (Lipinski definition) is 3. The van der Waals surface area contributed by atoms with Crippen LogP contribution in [0.25, 0.3) is 4.96 Å². The molecule has 18 heavy (non-hydrogen) atoms. The van der Waals surface area contributed by atoms with Crippen molar-refractivity contribution < 1.29 is 0 Å². The highest BCUT2D eigenvalue weighted by Gasteiger charge is 2.19. The van der Waals surface area contributed by atoms with Gasteiger partial charge < -0.3 is 5.32 Å². The van der Waals surface area contributed by atoms with Gasteiger partial charge in [0.2, 0.25) is 0 Å². The predicted molar refractivity (Wildman–Crippen MR) is 75.9 cm³/mol. The van der Waals surface area contributed by atoms with Crippen LogP contribution in [0.3, 0.4) is 0 Å². The molecule has 1 aliphatic carbocycles. The van der Waals surface area contributed by atoms with Gasteiger partial charge in [-0.3, -0.25) is 4.40 Å². The van der Waals surface area contributed by atoms with Crippen molar-refractivity contribution in [2.45, 2.75) is 51.6 Å². The van der Waals surface area contributed by atoms with Crippen LogP contribution < -0.4 is 5.32 Å². The first-order chi connectivity index (χ1) is 8.83. The summed E-state index contributed by atoms with van der Waals surface area (Å²) in [6, 6.07) is 0.616. The molecule has 1 aliphatic rings. The van der Waals surface area contributed by atoms with Crippen LogP contribution >= 0.6 is 11.3 Å². The number of hydrogen-bond donors (Lipinski definition) is 1. The number of thiazole rings is 1. The van der Waals surface area contributed by atoms with E-state index in [9.17, 15) is 0 Å². The van der Waals surface area contributed by atoms with Crippen molar-refractivity contribution >= 4 is 16.3 Å². The van der Waals surface area contributed by atoms with Crippen LogP contribution in [-0.2, 0) is 6.54 Å². The Kier molecular flexibility index (Phi) is 3.66. The first kappa shape index (κ1) is 12.2. The molecule has 0 aromatic carbocycles. The maximum absolute atomic E-state index is 4.61. The Labute approximate surface area is 112 Å². The van der Waals surface area contributed by atoms with Crippen LogP contribution in [0.4, 0.5) is 0 Å². The smallest absolute Gasteiger partial charge is 0.193 e. The van der Waals surface area contributed by atoms with Gasteiger partial charge >= 0.3 is 0 Å².